The summed E-state index contributed by atoms with van der Waals surface area (Å²) in [6, 6.07) is -1.80. The van der Waals surface area contributed by atoms with Crippen LogP contribution in [0.15, 0.2) is 0 Å². The van der Waals surface area contributed by atoms with E-state index in [9.17, 15) is 18.0 Å². The highest BCUT2D eigenvalue weighted by molar-refractivity contribution is 7.88. The van der Waals surface area contributed by atoms with E-state index in [2.05, 4.69) is 21.3 Å². The fourth-order valence-electron chi connectivity index (χ4n) is 1.08. The molecular formula is C10H17N3O5S. The average Bonchev–Trinajstić information content (AvgIpc) is 2.26. The van der Waals surface area contributed by atoms with Crippen molar-refractivity contribution in [3.05, 3.63) is 0 Å². The number of carboxylic acids is 1. The van der Waals surface area contributed by atoms with E-state index >= 15 is 0 Å². The lowest BCUT2D eigenvalue weighted by atomic mass is 10.2. The van der Waals surface area contributed by atoms with E-state index in [0.29, 0.717) is 6.42 Å². The zero-order valence-electron chi connectivity index (χ0n) is 10.5. The van der Waals surface area contributed by atoms with Gasteiger partial charge >= 0.3 is 12.0 Å². The molecule has 0 saturated heterocycles. The van der Waals surface area contributed by atoms with Crippen LogP contribution in [0.1, 0.15) is 12.8 Å². The fourth-order valence-corrected chi connectivity index (χ4v) is 1.59. The summed E-state index contributed by atoms with van der Waals surface area (Å²) in [7, 11) is -3.24. The molecule has 1 unspecified atom stereocenters. The Morgan fingerprint density at radius 1 is 1.37 bits per heavy atom. The van der Waals surface area contributed by atoms with Crippen LogP contribution in [-0.4, -0.2) is 50.9 Å². The van der Waals surface area contributed by atoms with Gasteiger partial charge in [0.25, 0.3) is 0 Å². The molecule has 0 aromatic carbocycles. The van der Waals surface area contributed by atoms with Crippen molar-refractivity contribution in [2.45, 2.75) is 18.9 Å². The van der Waals surface area contributed by atoms with Gasteiger partial charge in [-0.15, -0.1) is 12.3 Å². The Hall–Kier alpha value is -1.79. The summed E-state index contributed by atoms with van der Waals surface area (Å²) in [5.41, 5.74) is 0. The summed E-state index contributed by atoms with van der Waals surface area (Å²) >= 11 is 0. The molecule has 0 aromatic heterocycles. The SMILES string of the molecule is C#CCC(NC(=O)NCCCNS(C)(=O)=O)C(=O)O. The van der Waals surface area contributed by atoms with Crippen molar-refractivity contribution < 1.29 is 23.1 Å². The van der Waals surface area contributed by atoms with Gasteiger partial charge < -0.3 is 15.7 Å². The average molecular weight is 291 g/mol. The number of terminal acetylenes is 1. The largest absolute Gasteiger partial charge is 0.480 e. The molecule has 0 aliphatic rings. The second-order valence-electron chi connectivity index (χ2n) is 3.72. The third-order valence-electron chi connectivity index (χ3n) is 1.93. The first-order chi connectivity index (χ1) is 8.76. The number of sulfonamides is 1. The number of nitrogens with one attached hydrogen (secondary N) is 3. The Bertz CT molecular complexity index is 454. The number of hydrogen-bond donors (Lipinski definition) is 4. The summed E-state index contributed by atoms with van der Waals surface area (Å²) in [5, 5.41) is 13.3. The molecule has 0 rings (SSSR count). The van der Waals surface area contributed by atoms with Crippen molar-refractivity contribution in [2.75, 3.05) is 19.3 Å². The monoisotopic (exact) mass is 291 g/mol. The highest BCUT2D eigenvalue weighted by Crippen LogP contribution is 1.90. The van der Waals surface area contributed by atoms with Crippen molar-refractivity contribution >= 4 is 22.0 Å². The van der Waals surface area contributed by atoms with Crippen LogP contribution in [0, 0.1) is 12.3 Å². The Morgan fingerprint density at radius 3 is 2.47 bits per heavy atom. The van der Waals surface area contributed by atoms with Gasteiger partial charge in [0.2, 0.25) is 10.0 Å². The minimum atomic E-state index is -3.24. The van der Waals surface area contributed by atoms with Gasteiger partial charge in [-0.3, -0.25) is 0 Å². The number of carboxylic acid groups (broad SMARTS) is 1. The Labute approximate surface area is 112 Å². The summed E-state index contributed by atoms with van der Waals surface area (Å²) in [5.74, 6) is 0.932. The topological polar surface area (TPSA) is 125 Å². The molecule has 2 amide bonds. The van der Waals surface area contributed by atoms with Gasteiger partial charge in [-0.2, -0.15) is 0 Å². The van der Waals surface area contributed by atoms with Crippen molar-refractivity contribution in [1.29, 1.82) is 0 Å². The zero-order chi connectivity index (χ0) is 14.9. The maximum atomic E-state index is 11.3. The summed E-state index contributed by atoms with van der Waals surface area (Å²) < 4.78 is 23.7. The normalized spacial score (nSPS) is 12.2. The molecule has 0 fully saturated rings. The van der Waals surface area contributed by atoms with Crippen molar-refractivity contribution in [3.63, 3.8) is 0 Å². The third kappa shape index (κ3) is 9.87. The standard InChI is InChI=1S/C10H17N3O5S/c1-3-5-8(9(14)15)13-10(16)11-6-4-7-12-19(2,17)18/h1,8,12H,4-7H2,2H3,(H,14,15)(H2,11,13,16). The maximum absolute atomic E-state index is 11.3. The van der Waals surface area contributed by atoms with Gasteiger partial charge in [-0.1, -0.05) is 0 Å². The molecule has 1 atom stereocenters. The molecule has 0 aromatic rings. The van der Waals surface area contributed by atoms with E-state index in [4.69, 9.17) is 11.5 Å². The van der Waals surface area contributed by atoms with Gasteiger partial charge in [-0.05, 0) is 6.42 Å². The van der Waals surface area contributed by atoms with Crippen molar-refractivity contribution in [1.82, 2.24) is 15.4 Å². The number of carbonyl (C=O) groups is 2. The van der Waals surface area contributed by atoms with Crippen LogP contribution in [-0.2, 0) is 14.8 Å². The predicted octanol–water partition coefficient (Wildman–Crippen LogP) is -1.30. The van der Waals surface area contributed by atoms with Gasteiger partial charge in [0.1, 0.15) is 6.04 Å². The smallest absolute Gasteiger partial charge is 0.327 e. The van der Waals surface area contributed by atoms with Crippen LogP contribution in [0.5, 0.6) is 0 Å². The molecule has 4 N–H and O–H groups in total. The van der Waals surface area contributed by atoms with Gasteiger partial charge in [-0.25, -0.2) is 22.7 Å². The molecule has 19 heavy (non-hydrogen) atoms. The van der Waals surface area contributed by atoms with Gasteiger partial charge in [0.15, 0.2) is 0 Å². The molecule has 8 nitrogen and oxygen atoms in total. The zero-order valence-corrected chi connectivity index (χ0v) is 11.3. The number of rotatable bonds is 8. The summed E-state index contributed by atoms with van der Waals surface area (Å²) in [4.78, 5) is 22.0. The number of hydrogen-bond acceptors (Lipinski definition) is 4. The van der Waals surface area contributed by atoms with E-state index in [1.165, 1.54) is 0 Å². The van der Waals surface area contributed by atoms with E-state index in [1.54, 1.807) is 0 Å². The number of aliphatic carboxylic acids is 1. The highest BCUT2D eigenvalue weighted by atomic mass is 32.2. The molecule has 0 aliphatic carbocycles. The molecule has 0 saturated carbocycles. The quantitative estimate of drug-likeness (QED) is 0.327. The number of amides is 2. The first kappa shape index (κ1) is 17.2. The number of carbonyl (C=O) groups excluding carboxylic acids is 1. The van der Waals surface area contributed by atoms with Crippen LogP contribution in [0.25, 0.3) is 0 Å². The molecule has 0 aliphatic heterocycles. The van der Waals surface area contributed by atoms with Gasteiger partial charge in [0.05, 0.1) is 6.26 Å². The lowest BCUT2D eigenvalue weighted by molar-refractivity contribution is -0.139. The predicted molar refractivity (Wildman–Crippen MR) is 68.9 cm³/mol. The number of urea groups is 1. The lowest BCUT2D eigenvalue weighted by Gasteiger charge is -2.12. The Kier molecular flexibility index (Phi) is 7.55. The second kappa shape index (κ2) is 8.34. The van der Waals surface area contributed by atoms with Crippen molar-refractivity contribution in [3.8, 4) is 12.3 Å². The summed E-state index contributed by atoms with van der Waals surface area (Å²) in [6.07, 6.45) is 6.27. The third-order valence-corrected chi connectivity index (χ3v) is 2.66. The molecule has 0 spiro atoms. The van der Waals surface area contributed by atoms with Crippen LogP contribution < -0.4 is 15.4 Å². The van der Waals surface area contributed by atoms with Crippen LogP contribution in [0.2, 0.25) is 0 Å². The first-order valence-electron chi connectivity index (χ1n) is 5.41. The molecular weight excluding hydrogens is 274 g/mol. The van der Waals surface area contributed by atoms with E-state index in [1.807, 2.05) is 0 Å². The van der Waals surface area contributed by atoms with E-state index < -0.39 is 28.1 Å². The fraction of sp³-hybridized carbons (Fsp3) is 0.600. The first-order valence-corrected chi connectivity index (χ1v) is 7.30. The van der Waals surface area contributed by atoms with E-state index in [-0.39, 0.29) is 19.5 Å². The van der Waals surface area contributed by atoms with Crippen LogP contribution in [0.3, 0.4) is 0 Å². The Balaban J connectivity index is 3.87. The second-order valence-corrected chi connectivity index (χ2v) is 5.55. The molecule has 9 heteroatoms. The molecule has 0 heterocycles. The summed E-state index contributed by atoms with van der Waals surface area (Å²) in [6.45, 7) is 0.391. The van der Waals surface area contributed by atoms with E-state index in [0.717, 1.165) is 6.26 Å². The highest BCUT2D eigenvalue weighted by Gasteiger charge is 2.18. The van der Waals surface area contributed by atoms with Gasteiger partial charge in [0, 0.05) is 19.5 Å². The van der Waals surface area contributed by atoms with Crippen LogP contribution >= 0.6 is 0 Å². The van der Waals surface area contributed by atoms with Crippen LogP contribution in [0.4, 0.5) is 4.79 Å². The lowest BCUT2D eigenvalue weighted by Crippen LogP contribution is -2.46. The molecule has 0 radical (unpaired) electrons. The Morgan fingerprint density at radius 2 is 2.00 bits per heavy atom. The minimum Gasteiger partial charge on any atom is -0.480 e. The molecule has 108 valence electrons. The van der Waals surface area contributed by atoms with Crippen molar-refractivity contribution in [2.24, 2.45) is 0 Å². The molecule has 0 bridgehead atoms. The minimum absolute atomic E-state index is 0.113. The maximum Gasteiger partial charge on any atom is 0.327 e.